The van der Waals surface area contributed by atoms with E-state index in [0.29, 0.717) is 11.1 Å². The first-order chi connectivity index (χ1) is 9.29. The van der Waals surface area contributed by atoms with Gasteiger partial charge in [-0.05, 0) is 18.8 Å². The molecule has 1 unspecified atom stereocenters. The van der Waals surface area contributed by atoms with Gasteiger partial charge in [0, 0.05) is 24.2 Å². The second kappa shape index (κ2) is 5.98. The molecule has 104 valence electrons. The fourth-order valence-corrected chi connectivity index (χ4v) is 4.49. The van der Waals surface area contributed by atoms with Crippen LogP contribution in [-0.4, -0.2) is 17.1 Å². The Morgan fingerprint density at radius 3 is 2.74 bits per heavy atom. The molecule has 1 aromatic rings. The van der Waals surface area contributed by atoms with Crippen LogP contribution in [0.2, 0.25) is 5.15 Å². The van der Waals surface area contributed by atoms with Crippen LogP contribution < -0.4 is 0 Å². The molecule has 1 aliphatic carbocycles. The van der Waals surface area contributed by atoms with Crippen molar-refractivity contribution in [2.45, 2.75) is 49.7 Å². The van der Waals surface area contributed by atoms with E-state index in [0.717, 1.165) is 28.6 Å². The summed E-state index contributed by atoms with van der Waals surface area (Å²) in [4.78, 5) is 9.23. The van der Waals surface area contributed by atoms with Gasteiger partial charge < -0.3 is 4.74 Å². The number of hydrogen-bond donors (Lipinski definition) is 0. The molecule has 1 atom stereocenters. The molecule has 19 heavy (non-hydrogen) atoms. The lowest BCUT2D eigenvalue weighted by Crippen LogP contribution is -2.21. The Morgan fingerprint density at radius 2 is 2.00 bits per heavy atom. The lowest BCUT2D eigenvalue weighted by Gasteiger charge is -2.28. The van der Waals surface area contributed by atoms with E-state index < -0.39 is 0 Å². The summed E-state index contributed by atoms with van der Waals surface area (Å²) in [5.41, 5.74) is 2.23. The van der Waals surface area contributed by atoms with Crippen LogP contribution in [0.5, 0.6) is 0 Å². The molecule has 2 heterocycles. The van der Waals surface area contributed by atoms with Gasteiger partial charge in [0.2, 0.25) is 0 Å². The van der Waals surface area contributed by atoms with Crippen LogP contribution in [0.15, 0.2) is 0 Å². The van der Waals surface area contributed by atoms with E-state index in [1.807, 2.05) is 11.8 Å². The van der Waals surface area contributed by atoms with Crippen molar-refractivity contribution < 1.29 is 4.74 Å². The largest absolute Gasteiger partial charge is 0.373 e. The summed E-state index contributed by atoms with van der Waals surface area (Å²) in [6, 6.07) is 0. The lowest BCUT2D eigenvalue weighted by atomic mass is 9.85. The first kappa shape index (κ1) is 13.7. The van der Waals surface area contributed by atoms with Crippen LogP contribution in [0.1, 0.15) is 55.3 Å². The van der Waals surface area contributed by atoms with Crippen molar-refractivity contribution in [1.82, 2.24) is 9.97 Å². The van der Waals surface area contributed by atoms with Gasteiger partial charge in [0.1, 0.15) is 11.3 Å². The topological polar surface area (TPSA) is 35.0 Å². The number of thioether (sulfide) groups is 1. The quantitative estimate of drug-likeness (QED) is 0.786. The predicted octanol–water partition coefficient (Wildman–Crippen LogP) is 4.14. The highest BCUT2D eigenvalue weighted by atomic mass is 35.5. The SMILES string of the molecule is COC(c1nc(Cl)c2c(n1)CSC2)C1CCCCC1. The average Bonchev–Trinajstić information content (AvgIpc) is 2.90. The second-order valence-corrected chi connectivity index (χ2v) is 6.69. The molecule has 1 aromatic heterocycles. The zero-order valence-corrected chi connectivity index (χ0v) is 12.8. The van der Waals surface area contributed by atoms with Gasteiger partial charge in [0.25, 0.3) is 0 Å². The van der Waals surface area contributed by atoms with Crippen molar-refractivity contribution in [3.05, 3.63) is 22.2 Å². The number of halogens is 1. The van der Waals surface area contributed by atoms with Crippen LogP contribution in [0, 0.1) is 5.92 Å². The van der Waals surface area contributed by atoms with Crippen LogP contribution in [-0.2, 0) is 16.2 Å². The number of methoxy groups -OCH3 is 1. The molecule has 0 saturated heterocycles. The van der Waals surface area contributed by atoms with Gasteiger partial charge in [0.15, 0.2) is 5.82 Å². The summed E-state index contributed by atoms with van der Waals surface area (Å²) in [7, 11) is 1.76. The Labute approximate surface area is 123 Å². The highest BCUT2D eigenvalue weighted by Gasteiger charge is 2.29. The van der Waals surface area contributed by atoms with E-state index >= 15 is 0 Å². The number of ether oxygens (including phenoxy) is 1. The van der Waals surface area contributed by atoms with Crippen LogP contribution in [0.25, 0.3) is 0 Å². The normalized spacial score (nSPS) is 21.4. The Hall–Kier alpha value is -0.320. The van der Waals surface area contributed by atoms with Crippen molar-refractivity contribution in [3.8, 4) is 0 Å². The molecule has 2 aliphatic rings. The van der Waals surface area contributed by atoms with Gasteiger partial charge in [-0.2, -0.15) is 11.8 Å². The minimum absolute atomic E-state index is 0.00806. The number of nitrogens with zero attached hydrogens (tertiary/aromatic N) is 2. The maximum absolute atomic E-state index is 6.29. The maximum atomic E-state index is 6.29. The monoisotopic (exact) mass is 298 g/mol. The number of hydrogen-bond acceptors (Lipinski definition) is 4. The molecule has 1 aliphatic heterocycles. The van der Waals surface area contributed by atoms with E-state index in [-0.39, 0.29) is 6.10 Å². The van der Waals surface area contributed by atoms with E-state index in [1.165, 1.54) is 32.1 Å². The molecule has 3 rings (SSSR count). The molecule has 0 bridgehead atoms. The summed E-state index contributed by atoms with van der Waals surface area (Å²) >= 11 is 8.15. The summed E-state index contributed by atoms with van der Waals surface area (Å²) in [5.74, 6) is 3.23. The predicted molar refractivity (Wildman–Crippen MR) is 78.4 cm³/mol. The molecule has 5 heteroatoms. The third-order valence-corrected chi connectivity index (χ3v) is 5.41. The van der Waals surface area contributed by atoms with E-state index in [1.54, 1.807) is 7.11 Å². The van der Waals surface area contributed by atoms with Crippen LogP contribution in [0.3, 0.4) is 0 Å². The van der Waals surface area contributed by atoms with Crippen molar-refractivity contribution >= 4 is 23.4 Å². The fraction of sp³-hybridized carbons (Fsp3) is 0.714. The fourth-order valence-electron chi connectivity index (χ4n) is 3.10. The Morgan fingerprint density at radius 1 is 1.21 bits per heavy atom. The maximum Gasteiger partial charge on any atom is 0.159 e. The molecule has 0 aromatic carbocycles. The molecule has 1 fully saturated rings. The zero-order valence-electron chi connectivity index (χ0n) is 11.2. The van der Waals surface area contributed by atoms with Gasteiger partial charge in [0.05, 0.1) is 5.69 Å². The van der Waals surface area contributed by atoms with Crippen LogP contribution >= 0.6 is 23.4 Å². The van der Waals surface area contributed by atoms with E-state index in [2.05, 4.69) is 4.98 Å². The third kappa shape index (κ3) is 2.76. The van der Waals surface area contributed by atoms with E-state index in [4.69, 9.17) is 21.3 Å². The van der Waals surface area contributed by atoms with Gasteiger partial charge >= 0.3 is 0 Å². The number of fused-ring (bicyclic) bond motifs is 1. The highest BCUT2D eigenvalue weighted by molar-refractivity contribution is 7.98. The highest BCUT2D eigenvalue weighted by Crippen LogP contribution is 2.38. The minimum Gasteiger partial charge on any atom is -0.373 e. The first-order valence-electron chi connectivity index (χ1n) is 6.95. The first-order valence-corrected chi connectivity index (χ1v) is 8.48. The van der Waals surface area contributed by atoms with Crippen molar-refractivity contribution in [3.63, 3.8) is 0 Å². The van der Waals surface area contributed by atoms with E-state index in [9.17, 15) is 0 Å². The Balaban J connectivity index is 1.88. The lowest BCUT2D eigenvalue weighted by molar-refractivity contribution is 0.0288. The molecule has 0 spiro atoms. The van der Waals surface area contributed by atoms with Crippen molar-refractivity contribution in [2.24, 2.45) is 5.92 Å². The van der Waals surface area contributed by atoms with Crippen LogP contribution in [0.4, 0.5) is 0 Å². The third-order valence-electron chi connectivity index (χ3n) is 4.13. The summed E-state index contributed by atoms with van der Waals surface area (Å²) in [6.07, 6.45) is 6.36. The molecule has 0 radical (unpaired) electrons. The molecule has 0 N–H and O–H groups in total. The summed E-state index contributed by atoms with van der Waals surface area (Å²) in [6.45, 7) is 0. The molecule has 0 amide bonds. The van der Waals surface area contributed by atoms with Crippen molar-refractivity contribution in [1.29, 1.82) is 0 Å². The summed E-state index contributed by atoms with van der Waals surface area (Å²) in [5, 5.41) is 0.628. The second-order valence-electron chi connectivity index (χ2n) is 5.35. The minimum atomic E-state index is 0.00806. The number of aromatic nitrogens is 2. The molecule has 1 saturated carbocycles. The Bertz CT molecular complexity index is 463. The standard InChI is InChI=1S/C14H19ClN2OS/c1-18-12(9-5-3-2-4-6-9)14-16-11-8-19-7-10(11)13(15)17-14/h9,12H,2-8H2,1H3. The van der Waals surface area contributed by atoms with Gasteiger partial charge in [-0.1, -0.05) is 30.9 Å². The van der Waals surface area contributed by atoms with Gasteiger partial charge in [-0.25, -0.2) is 9.97 Å². The number of rotatable bonds is 3. The molecular formula is C14H19ClN2OS. The summed E-state index contributed by atoms with van der Waals surface area (Å²) < 4.78 is 5.70. The van der Waals surface area contributed by atoms with Gasteiger partial charge in [-0.3, -0.25) is 0 Å². The average molecular weight is 299 g/mol. The zero-order chi connectivity index (χ0) is 13.2. The van der Waals surface area contributed by atoms with Gasteiger partial charge in [-0.15, -0.1) is 0 Å². The Kier molecular flexibility index (Phi) is 4.30. The molecule has 3 nitrogen and oxygen atoms in total. The molecular weight excluding hydrogens is 280 g/mol. The van der Waals surface area contributed by atoms with Crippen molar-refractivity contribution in [2.75, 3.05) is 7.11 Å². The smallest absolute Gasteiger partial charge is 0.159 e.